The first kappa shape index (κ1) is 15.8. The molecule has 2 unspecified atom stereocenters. The lowest BCUT2D eigenvalue weighted by Gasteiger charge is -2.26. The summed E-state index contributed by atoms with van der Waals surface area (Å²) in [6.07, 6.45) is 4.53. The average molecular weight is 270 g/mol. The zero-order valence-electron chi connectivity index (χ0n) is 12.2. The summed E-state index contributed by atoms with van der Waals surface area (Å²) in [4.78, 5) is 24.6. The van der Waals surface area contributed by atoms with E-state index < -0.39 is 11.9 Å². The molecule has 2 atom stereocenters. The molecule has 0 aliphatic heterocycles. The van der Waals surface area contributed by atoms with Crippen molar-refractivity contribution >= 4 is 12.0 Å². The standard InChI is InChI=1S/C14H26N2O3/c1-4-12(8-11-6-7-11)15-14(19)16(5-2)9-10(3)13(17)18/h10-12H,4-9H2,1-3H3,(H,15,19)(H,17,18). The summed E-state index contributed by atoms with van der Waals surface area (Å²) in [6.45, 7) is 6.36. The molecule has 1 rings (SSSR count). The van der Waals surface area contributed by atoms with E-state index in [4.69, 9.17) is 5.11 Å². The minimum atomic E-state index is -0.865. The maximum absolute atomic E-state index is 12.1. The van der Waals surface area contributed by atoms with Gasteiger partial charge in [-0.3, -0.25) is 4.79 Å². The minimum Gasteiger partial charge on any atom is -0.481 e. The van der Waals surface area contributed by atoms with Gasteiger partial charge in [-0.05, 0) is 25.7 Å². The second-order valence-electron chi connectivity index (χ2n) is 5.51. The number of carboxylic acid groups (broad SMARTS) is 1. The molecule has 1 aliphatic carbocycles. The number of amides is 2. The Bertz CT molecular complexity index is 316. The maximum Gasteiger partial charge on any atom is 0.317 e. The van der Waals surface area contributed by atoms with Crippen LogP contribution in [0, 0.1) is 11.8 Å². The van der Waals surface area contributed by atoms with Crippen molar-refractivity contribution in [3.8, 4) is 0 Å². The van der Waals surface area contributed by atoms with Gasteiger partial charge in [0.25, 0.3) is 0 Å². The molecule has 1 fully saturated rings. The van der Waals surface area contributed by atoms with Crippen LogP contribution in [0.25, 0.3) is 0 Å². The predicted octanol–water partition coefficient (Wildman–Crippen LogP) is 2.32. The number of hydrogen-bond donors (Lipinski definition) is 2. The highest BCUT2D eigenvalue weighted by Crippen LogP contribution is 2.34. The molecule has 110 valence electrons. The van der Waals surface area contributed by atoms with Gasteiger partial charge in [0.05, 0.1) is 5.92 Å². The molecular weight excluding hydrogens is 244 g/mol. The van der Waals surface area contributed by atoms with Crippen molar-refractivity contribution in [1.29, 1.82) is 0 Å². The number of urea groups is 1. The van der Waals surface area contributed by atoms with Crippen LogP contribution in [-0.4, -0.2) is 41.1 Å². The largest absolute Gasteiger partial charge is 0.481 e. The van der Waals surface area contributed by atoms with Gasteiger partial charge < -0.3 is 15.3 Å². The van der Waals surface area contributed by atoms with Crippen LogP contribution in [-0.2, 0) is 4.79 Å². The molecule has 2 N–H and O–H groups in total. The van der Waals surface area contributed by atoms with Crippen molar-refractivity contribution in [3.05, 3.63) is 0 Å². The fraction of sp³-hybridized carbons (Fsp3) is 0.857. The van der Waals surface area contributed by atoms with Gasteiger partial charge in [-0.1, -0.05) is 26.7 Å². The fourth-order valence-corrected chi connectivity index (χ4v) is 2.11. The molecule has 0 aromatic rings. The summed E-state index contributed by atoms with van der Waals surface area (Å²) >= 11 is 0. The Morgan fingerprint density at radius 3 is 2.42 bits per heavy atom. The third-order valence-electron chi connectivity index (χ3n) is 3.72. The topological polar surface area (TPSA) is 69.6 Å². The molecule has 2 amide bonds. The van der Waals surface area contributed by atoms with E-state index in [1.165, 1.54) is 12.8 Å². The molecule has 0 saturated heterocycles. The molecular formula is C14H26N2O3. The van der Waals surface area contributed by atoms with Gasteiger partial charge in [0.2, 0.25) is 0 Å². The zero-order chi connectivity index (χ0) is 14.4. The Morgan fingerprint density at radius 2 is 2.00 bits per heavy atom. The van der Waals surface area contributed by atoms with Gasteiger partial charge in [0, 0.05) is 19.1 Å². The van der Waals surface area contributed by atoms with Crippen LogP contribution in [0.4, 0.5) is 4.79 Å². The molecule has 5 nitrogen and oxygen atoms in total. The summed E-state index contributed by atoms with van der Waals surface area (Å²) in [5, 5.41) is 11.9. The number of nitrogens with zero attached hydrogens (tertiary/aromatic N) is 1. The Hall–Kier alpha value is -1.26. The Kier molecular flexibility index (Phi) is 6.12. The van der Waals surface area contributed by atoms with Crippen LogP contribution < -0.4 is 5.32 Å². The van der Waals surface area contributed by atoms with Gasteiger partial charge in [-0.15, -0.1) is 0 Å². The van der Waals surface area contributed by atoms with Crippen molar-refractivity contribution in [2.24, 2.45) is 11.8 Å². The van der Waals surface area contributed by atoms with E-state index in [0.717, 1.165) is 18.8 Å². The summed E-state index contributed by atoms with van der Waals surface area (Å²) in [6, 6.07) is 0.0808. The van der Waals surface area contributed by atoms with E-state index in [0.29, 0.717) is 6.54 Å². The molecule has 1 aliphatic rings. The number of nitrogens with one attached hydrogen (secondary N) is 1. The smallest absolute Gasteiger partial charge is 0.317 e. The quantitative estimate of drug-likeness (QED) is 0.711. The lowest BCUT2D eigenvalue weighted by atomic mass is 10.1. The number of carboxylic acids is 1. The molecule has 0 radical (unpaired) electrons. The fourth-order valence-electron chi connectivity index (χ4n) is 2.11. The Labute approximate surface area is 115 Å². The Balaban J connectivity index is 2.44. The van der Waals surface area contributed by atoms with E-state index in [2.05, 4.69) is 12.2 Å². The van der Waals surface area contributed by atoms with Gasteiger partial charge in [-0.25, -0.2) is 4.79 Å². The molecule has 0 aromatic carbocycles. The van der Waals surface area contributed by atoms with Gasteiger partial charge in [0.15, 0.2) is 0 Å². The zero-order valence-corrected chi connectivity index (χ0v) is 12.2. The second-order valence-corrected chi connectivity index (χ2v) is 5.51. The minimum absolute atomic E-state index is 0.136. The normalized spacial score (nSPS) is 17.6. The van der Waals surface area contributed by atoms with Crippen LogP contribution >= 0.6 is 0 Å². The molecule has 19 heavy (non-hydrogen) atoms. The molecule has 1 saturated carbocycles. The van der Waals surface area contributed by atoms with Crippen molar-refractivity contribution in [2.75, 3.05) is 13.1 Å². The second kappa shape index (κ2) is 7.36. The molecule has 0 aromatic heterocycles. The highest BCUT2D eigenvalue weighted by molar-refractivity contribution is 5.76. The van der Waals surface area contributed by atoms with Gasteiger partial charge in [0.1, 0.15) is 0 Å². The third-order valence-corrected chi connectivity index (χ3v) is 3.72. The number of rotatable bonds is 8. The number of carbonyl (C=O) groups is 2. The maximum atomic E-state index is 12.1. The van der Waals surface area contributed by atoms with Gasteiger partial charge in [-0.2, -0.15) is 0 Å². The highest BCUT2D eigenvalue weighted by atomic mass is 16.4. The van der Waals surface area contributed by atoms with Crippen molar-refractivity contribution in [1.82, 2.24) is 10.2 Å². The van der Waals surface area contributed by atoms with Crippen LogP contribution in [0.5, 0.6) is 0 Å². The van der Waals surface area contributed by atoms with Crippen LogP contribution in [0.1, 0.15) is 46.5 Å². The van der Waals surface area contributed by atoms with Crippen LogP contribution in [0.3, 0.4) is 0 Å². The third kappa shape index (κ3) is 5.49. The lowest BCUT2D eigenvalue weighted by Crippen LogP contribution is -2.47. The molecule has 5 heteroatoms. The molecule has 0 bridgehead atoms. The van der Waals surface area contributed by atoms with E-state index in [1.807, 2.05) is 6.92 Å². The first-order chi connectivity index (χ1) is 8.97. The highest BCUT2D eigenvalue weighted by Gasteiger charge is 2.27. The van der Waals surface area contributed by atoms with Crippen molar-refractivity contribution in [3.63, 3.8) is 0 Å². The lowest BCUT2D eigenvalue weighted by molar-refractivity contribution is -0.141. The van der Waals surface area contributed by atoms with E-state index in [1.54, 1.807) is 11.8 Å². The van der Waals surface area contributed by atoms with E-state index in [-0.39, 0.29) is 18.6 Å². The number of aliphatic carboxylic acids is 1. The summed E-state index contributed by atoms with van der Waals surface area (Å²) in [7, 11) is 0. The predicted molar refractivity (Wildman–Crippen MR) is 74.0 cm³/mol. The van der Waals surface area contributed by atoms with Crippen LogP contribution in [0.15, 0.2) is 0 Å². The monoisotopic (exact) mass is 270 g/mol. The Morgan fingerprint density at radius 1 is 1.37 bits per heavy atom. The average Bonchev–Trinajstić information content (AvgIpc) is 3.18. The SMILES string of the molecule is CCC(CC1CC1)NC(=O)N(CC)CC(C)C(=O)O. The van der Waals surface area contributed by atoms with E-state index >= 15 is 0 Å². The van der Waals surface area contributed by atoms with E-state index in [9.17, 15) is 9.59 Å². The van der Waals surface area contributed by atoms with Crippen LogP contribution in [0.2, 0.25) is 0 Å². The van der Waals surface area contributed by atoms with Gasteiger partial charge >= 0.3 is 12.0 Å². The number of hydrogen-bond acceptors (Lipinski definition) is 2. The van der Waals surface area contributed by atoms with Crippen molar-refractivity contribution < 1.29 is 14.7 Å². The first-order valence-electron chi connectivity index (χ1n) is 7.26. The molecule has 0 spiro atoms. The summed E-state index contributed by atoms with van der Waals surface area (Å²) in [5.41, 5.74) is 0. The first-order valence-corrected chi connectivity index (χ1v) is 7.26. The molecule has 0 heterocycles. The summed E-state index contributed by atoms with van der Waals surface area (Å²) in [5.74, 6) is -0.622. The summed E-state index contributed by atoms with van der Waals surface area (Å²) < 4.78 is 0. The number of carbonyl (C=O) groups excluding carboxylic acids is 1. The van der Waals surface area contributed by atoms with Crippen molar-refractivity contribution in [2.45, 2.75) is 52.5 Å².